The van der Waals surface area contributed by atoms with E-state index >= 15 is 0 Å². The minimum atomic E-state index is 0.675. The second-order valence-electron chi connectivity index (χ2n) is 11.4. The van der Waals surface area contributed by atoms with Crippen LogP contribution in [0.1, 0.15) is 0 Å². The number of anilines is 3. The van der Waals surface area contributed by atoms with E-state index in [0.29, 0.717) is 5.95 Å². The Morgan fingerprint density at radius 3 is 2.09 bits per heavy atom. The Kier molecular flexibility index (Phi) is 4.87. The van der Waals surface area contributed by atoms with Gasteiger partial charge in [-0.3, -0.25) is 4.90 Å². The molecule has 0 spiro atoms. The first kappa shape index (κ1) is 23.9. The number of hydrogen-bond donors (Lipinski definition) is 0. The van der Waals surface area contributed by atoms with E-state index in [4.69, 9.17) is 9.97 Å². The maximum absolute atomic E-state index is 5.49. The monoisotopic (exact) mass is 577 g/mol. The molecule has 0 fully saturated rings. The van der Waals surface area contributed by atoms with Gasteiger partial charge in [-0.1, -0.05) is 109 Å². The van der Waals surface area contributed by atoms with Gasteiger partial charge in [0.15, 0.2) is 0 Å². The van der Waals surface area contributed by atoms with Gasteiger partial charge in [-0.05, 0) is 52.1 Å². The van der Waals surface area contributed by atoms with Crippen molar-refractivity contribution in [3.63, 3.8) is 0 Å². The average molecular weight is 578 g/mol. The second kappa shape index (κ2) is 8.96. The lowest BCUT2D eigenvalue weighted by Crippen LogP contribution is -2.18. The molecule has 0 unspecified atom stereocenters. The predicted octanol–water partition coefficient (Wildman–Crippen LogP) is 11.4. The van der Waals surface area contributed by atoms with E-state index < -0.39 is 0 Å². The molecule has 0 radical (unpaired) electrons. The van der Waals surface area contributed by atoms with Crippen molar-refractivity contribution < 1.29 is 0 Å². The zero-order valence-corrected chi connectivity index (χ0v) is 24.3. The van der Waals surface area contributed by atoms with Crippen LogP contribution in [0.4, 0.5) is 17.3 Å². The molecule has 44 heavy (non-hydrogen) atoms. The molecule has 0 N–H and O–H groups in total. The molecule has 0 amide bonds. The summed E-state index contributed by atoms with van der Waals surface area (Å²) in [5.74, 6) is 0.675. The number of hydrogen-bond acceptors (Lipinski definition) is 4. The van der Waals surface area contributed by atoms with Crippen molar-refractivity contribution in [2.24, 2.45) is 0 Å². The molecule has 0 saturated carbocycles. The maximum atomic E-state index is 5.49. The van der Waals surface area contributed by atoms with Gasteiger partial charge in [-0.15, -0.1) is 11.3 Å². The first-order valence-corrected chi connectivity index (χ1v) is 15.7. The summed E-state index contributed by atoms with van der Waals surface area (Å²) < 4.78 is 2.55. The SMILES string of the molecule is c1ccc2c3c(ccc2c1)N(c1nc(-c2cccc4sc5ccccc5c24)c2ccccc2n1)c1cccc2cccc-3c12. The van der Waals surface area contributed by atoms with Gasteiger partial charge in [-0.2, -0.15) is 0 Å². The molecule has 1 aliphatic heterocycles. The van der Waals surface area contributed by atoms with E-state index in [2.05, 4.69) is 144 Å². The van der Waals surface area contributed by atoms with Crippen molar-refractivity contribution in [1.29, 1.82) is 0 Å². The fourth-order valence-electron chi connectivity index (χ4n) is 7.13. The molecule has 204 valence electrons. The number of aromatic nitrogens is 2. The first-order chi connectivity index (χ1) is 21.8. The van der Waals surface area contributed by atoms with Gasteiger partial charge in [0.25, 0.3) is 0 Å². The Morgan fingerprint density at radius 2 is 1.16 bits per heavy atom. The van der Waals surface area contributed by atoms with Crippen LogP contribution in [-0.2, 0) is 0 Å². The number of thiophene rings is 1. The fraction of sp³-hybridized carbons (Fsp3) is 0. The summed E-state index contributed by atoms with van der Waals surface area (Å²) in [7, 11) is 0. The fourth-order valence-corrected chi connectivity index (χ4v) is 8.26. The molecule has 0 saturated heterocycles. The van der Waals surface area contributed by atoms with Gasteiger partial charge < -0.3 is 0 Å². The van der Waals surface area contributed by atoms with Crippen LogP contribution in [0.5, 0.6) is 0 Å². The van der Waals surface area contributed by atoms with Crippen molar-refractivity contribution in [2.75, 3.05) is 4.90 Å². The van der Waals surface area contributed by atoms with E-state index in [1.165, 1.54) is 52.8 Å². The third-order valence-electron chi connectivity index (χ3n) is 8.99. The summed E-state index contributed by atoms with van der Waals surface area (Å²) >= 11 is 1.83. The number of para-hydroxylation sites is 1. The van der Waals surface area contributed by atoms with Crippen LogP contribution in [0.25, 0.3) is 75.0 Å². The molecule has 7 aromatic carbocycles. The highest BCUT2D eigenvalue weighted by atomic mass is 32.1. The lowest BCUT2D eigenvalue weighted by molar-refractivity contribution is 1.12. The van der Waals surface area contributed by atoms with E-state index in [9.17, 15) is 0 Å². The summed E-state index contributed by atoms with van der Waals surface area (Å²) in [4.78, 5) is 13.0. The third kappa shape index (κ3) is 3.26. The number of benzene rings is 7. The summed E-state index contributed by atoms with van der Waals surface area (Å²) in [5, 5.41) is 8.45. The highest BCUT2D eigenvalue weighted by Gasteiger charge is 2.29. The quantitative estimate of drug-likeness (QED) is 0.205. The Hall–Kier alpha value is -5.58. The highest BCUT2D eigenvalue weighted by Crippen LogP contribution is 2.53. The molecular weight excluding hydrogens is 555 g/mol. The van der Waals surface area contributed by atoms with E-state index in [1.807, 2.05) is 11.3 Å². The molecule has 3 heterocycles. The maximum Gasteiger partial charge on any atom is 0.235 e. The van der Waals surface area contributed by atoms with Crippen LogP contribution >= 0.6 is 11.3 Å². The van der Waals surface area contributed by atoms with Gasteiger partial charge in [0.1, 0.15) is 0 Å². The van der Waals surface area contributed by atoms with Gasteiger partial charge in [-0.25, -0.2) is 9.97 Å². The molecule has 3 nitrogen and oxygen atoms in total. The van der Waals surface area contributed by atoms with Crippen LogP contribution in [0.3, 0.4) is 0 Å². The minimum Gasteiger partial charge on any atom is -0.278 e. The number of rotatable bonds is 2. The molecular formula is C40H23N3S. The largest absolute Gasteiger partial charge is 0.278 e. The van der Waals surface area contributed by atoms with E-state index in [0.717, 1.165) is 33.5 Å². The molecule has 4 heteroatoms. The molecule has 0 aliphatic carbocycles. The van der Waals surface area contributed by atoms with Crippen LogP contribution in [0, 0.1) is 0 Å². The molecule has 1 aliphatic rings. The Labute approximate surface area is 257 Å². The molecule has 0 bridgehead atoms. The second-order valence-corrected chi connectivity index (χ2v) is 12.4. The van der Waals surface area contributed by atoms with Crippen LogP contribution in [0.2, 0.25) is 0 Å². The summed E-state index contributed by atoms with van der Waals surface area (Å²) in [6.07, 6.45) is 0. The normalized spacial score (nSPS) is 12.5. The van der Waals surface area contributed by atoms with Crippen LogP contribution in [-0.4, -0.2) is 9.97 Å². The van der Waals surface area contributed by atoms with E-state index in [1.54, 1.807) is 0 Å². The third-order valence-corrected chi connectivity index (χ3v) is 10.1. The topological polar surface area (TPSA) is 29.0 Å². The van der Waals surface area contributed by atoms with Crippen molar-refractivity contribution in [3.05, 3.63) is 140 Å². The lowest BCUT2D eigenvalue weighted by atomic mass is 9.88. The van der Waals surface area contributed by atoms with Crippen molar-refractivity contribution in [1.82, 2.24) is 9.97 Å². The summed E-state index contributed by atoms with van der Waals surface area (Å²) in [6.45, 7) is 0. The standard InChI is InChI=1S/C40H23N3S/c1-2-13-26-24(10-1)22-23-33-37(26)29-16-7-11-25-12-8-19-32(36(25)29)43(33)40-41-31-18-5-3-14-27(31)39(42-40)30-17-9-21-35-38(30)28-15-4-6-20-34(28)44-35/h1-23H. The minimum absolute atomic E-state index is 0.675. The Morgan fingerprint density at radius 1 is 0.455 bits per heavy atom. The van der Waals surface area contributed by atoms with Crippen molar-refractivity contribution >= 4 is 81.3 Å². The molecule has 10 rings (SSSR count). The van der Waals surface area contributed by atoms with Gasteiger partial charge >= 0.3 is 0 Å². The van der Waals surface area contributed by atoms with Gasteiger partial charge in [0.05, 0.1) is 22.6 Å². The summed E-state index contributed by atoms with van der Waals surface area (Å²) in [6, 6.07) is 49.9. The van der Waals surface area contributed by atoms with Gasteiger partial charge in [0.2, 0.25) is 5.95 Å². The molecule has 0 atom stereocenters. The zero-order valence-electron chi connectivity index (χ0n) is 23.5. The smallest absolute Gasteiger partial charge is 0.235 e. The predicted molar refractivity (Wildman–Crippen MR) is 187 cm³/mol. The first-order valence-electron chi connectivity index (χ1n) is 14.8. The Bertz CT molecular complexity index is 2630. The molecule has 2 aromatic heterocycles. The summed E-state index contributed by atoms with van der Waals surface area (Å²) in [5.41, 5.74) is 7.67. The zero-order chi connectivity index (χ0) is 28.8. The molecule has 9 aromatic rings. The van der Waals surface area contributed by atoms with Crippen molar-refractivity contribution in [2.45, 2.75) is 0 Å². The van der Waals surface area contributed by atoms with Gasteiger partial charge in [0, 0.05) is 42.1 Å². The number of fused-ring (bicyclic) bond motifs is 8. The highest BCUT2D eigenvalue weighted by molar-refractivity contribution is 7.25. The van der Waals surface area contributed by atoms with Crippen LogP contribution in [0.15, 0.2) is 140 Å². The average Bonchev–Trinajstić information content (AvgIpc) is 3.47. The van der Waals surface area contributed by atoms with E-state index in [-0.39, 0.29) is 0 Å². The number of nitrogens with zero attached hydrogens (tertiary/aromatic N) is 3. The van der Waals surface area contributed by atoms with Crippen LogP contribution < -0.4 is 4.90 Å². The Balaban J connectivity index is 1.33. The lowest BCUT2D eigenvalue weighted by Gasteiger charge is -2.33. The van der Waals surface area contributed by atoms with Crippen molar-refractivity contribution in [3.8, 4) is 22.4 Å².